The van der Waals surface area contributed by atoms with E-state index < -0.39 is 4.92 Å². The fraction of sp³-hybridized carbons (Fsp3) is 0.316. The third-order valence-electron chi connectivity index (χ3n) is 5.04. The van der Waals surface area contributed by atoms with E-state index in [2.05, 4.69) is 20.8 Å². The summed E-state index contributed by atoms with van der Waals surface area (Å²) >= 11 is 0. The summed E-state index contributed by atoms with van der Waals surface area (Å²) < 4.78 is 3.51. The Morgan fingerprint density at radius 1 is 1.07 bits per heavy atom. The van der Waals surface area contributed by atoms with Gasteiger partial charge in [0.05, 0.1) is 17.3 Å². The van der Waals surface area contributed by atoms with Crippen LogP contribution in [0.1, 0.15) is 28.1 Å². The van der Waals surface area contributed by atoms with Gasteiger partial charge in [-0.1, -0.05) is 0 Å². The molecule has 0 aliphatic rings. The van der Waals surface area contributed by atoms with Gasteiger partial charge < -0.3 is 10.6 Å². The quantitative estimate of drug-likeness (QED) is 0.466. The Balaban J connectivity index is 1.89. The van der Waals surface area contributed by atoms with E-state index in [4.69, 9.17) is 0 Å². The number of anilines is 2. The average Bonchev–Trinajstić information content (AvgIpc) is 3.19. The highest BCUT2D eigenvalue weighted by molar-refractivity contribution is 5.75. The van der Waals surface area contributed by atoms with Gasteiger partial charge in [-0.2, -0.15) is 15.5 Å². The molecule has 2 N–H and O–H groups in total. The van der Waals surface area contributed by atoms with E-state index >= 15 is 0 Å². The minimum atomic E-state index is -0.536. The predicted octanol–water partition coefficient (Wildman–Crippen LogP) is 2.77. The maximum atomic E-state index is 11.6. The summed E-state index contributed by atoms with van der Waals surface area (Å²) in [6.07, 6.45) is 3.48. The second kappa shape index (κ2) is 8.02. The number of aryl methyl sites for hydroxylation is 2. The van der Waals surface area contributed by atoms with Gasteiger partial charge in [0.1, 0.15) is 17.3 Å². The highest BCUT2D eigenvalue weighted by Gasteiger charge is 2.22. The Morgan fingerprint density at radius 3 is 2.07 bits per heavy atom. The molecule has 10 heteroatoms. The van der Waals surface area contributed by atoms with Crippen molar-refractivity contribution in [2.75, 3.05) is 10.6 Å². The molecule has 150 valence electrons. The number of nitro benzene ring substituents is 1. The summed E-state index contributed by atoms with van der Waals surface area (Å²) in [5, 5.41) is 35.7. The maximum absolute atomic E-state index is 11.6. The second-order valence-corrected chi connectivity index (χ2v) is 6.75. The first kappa shape index (κ1) is 19.9. The predicted molar refractivity (Wildman–Crippen MR) is 108 cm³/mol. The first-order valence-electron chi connectivity index (χ1n) is 8.97. The highest BCUT2D eigenvalue weighted by atomic mass is 16.6. The number of nitrogens with one attached hydrogen (secondary N) is 2. The van der Waals surface area contributed by atoms with Crippen LogP contribution in [0.3, 0.4) is 0 Å². The van der Waals surface area contributed by atoms with E-state index in [-0.39, 0.29) is 16.9 Å². The molecule has 0 fully saturated rings. The molecule has 3 aromatic rings. The molecule has 0 aliphatic heterocycles. The van der Waals surface area contributed by atoms with Crippen LogP contribution >= 0.6 is 0 Å². The lowest BCUT2D eigenvalue weighted by Crippen LogP contribution is -2.07. The average molecular weight is 394 g/mol. The lowest BCUT2D eigenvalue weighted by Gasteiger charge is -2.12. The summed E-state index contributed by atoms with van der Waals surface area (Å²) in [6.45, 7) is 4.73. The number of aromatic nitrogens is 4. The Morgan fingerprint density at radius 2 is 1.62 bits per heavy atom. The largest absolute Gasteiger partial charge is 0.381 e. The molecule has 0 atom stereocenters. The number of rotatable bonds is 7. The second-order valence-electron chi connectivity index (χ2n) is 6.75. The lowest BCUT2D eigenvalue weighted by molar-refractivity contribution is -0.384. The normalized spacial score (nSPS) is 10.6. The van der Waals surface area contributed by atoms with Crippen molar-refractivity contribution in [2.45, 2.75) is 26.9 Å². The van der Waals surface area contributed by atoms with Crippen LogP contribution < -0.4 is 10.6 Å². The number of nitriles is 1. The van der Waals surface area contributed by atoms with Crippen LogP contribution in [0, 0.1) is 35.3 Å². The molecule has 0 spiro atoms. The maximum Gasteiger partial charge on any atom is 0.310 e. The van der Waals surface area contributed by atoms with Gasteiger partial charge in [0, 0.05) is 55.4 Å². The zero-order valence-electron chi connectivity index (χ0n) is 16.7. The molecular weight excluding hydrogens is 372 g/mol. The summed E-state index contributed by atoms with van der Waals surface area (Å²) in [5.41, 5.74) is 4.55. The molecule has 29 heavy (non-hydrogen) atoms. The van der Waals surface area contributed by atoms with E-state index in [0.717, 1.165) is 22.5 Å². The van der Waals surface area contributed by atoms with Crippen LogP contribution in [0.25, 0.3) is 0 Å². The molecule has 0 unspecified atom stereocenters. The third kappa shape index (κ3) is 4.03. The van der Waals surface area contributed by atoms with E-state index in [0.29, 0.717) is 18.8 Å². The molecule has 0 saturated heterocycles. The Hall–Kier alpha value is -3.87. The first-order valence-corrected chi connectivity index (χ1v) is 8.97. The molecule has 0 radical (unpaired) electrons. The van der Waals surface area contributed by atoms with Gasteiger partial charge in [-0.25, -0.2) is 0 Å². The van der Waals surface area contributed by atoms with Crippen LogP contribution in [0.15, 0.2) is 24.5 Å². The van der Waals surface area contributed by atoms with Crippen LogP contribution in [0.2, 0.25) is 0 Å². The summed E-state index contributed by atoms with van der Waals surface area (Å²) in [4.78, 5) is 11.1. The lowest BCUT2D eigenvalue weighted by atomic mass is 10.1. The molecule has 2 heterocycles. The van der Waals surface area contributed by atoms with Crippen molar-refractivity contribution in [3.8, 4) is 6.07 Å². The fourth-order valence-electron chi connectivity index (χ4n) is 2.98. The van der Waals surface area contributed by atoms with Crippen molar-refractivity contribution in [1.82, 2.24) is 19.6 Å². The molecule has 0 bridgehead atoms. The monoisotopic (exact) mass is 394 g/mol. The SMILES string of the molecule is Cc1c(CNc2cc(C#N)c([N+](=O)[O-])c(NCc3cnn(C)c3C)c2)cnn1C. The highest BCUT2D eigenvalue weighted by Crippen LogP contribution is 2.33. The standard InChI is InChI=1S/C19H22N8O2/c1-12-15(10-23-25(12)3)8-21-17-5-14(7-20)19(27(28)29)18(6-17)22-9-16-11-24-26(4)13(16)2/h5-6,10-11,21-22H,8-9H2,1-4H3. The van der Waals surface area contributed by atoms with Crippen LogP contribution in [0.5, 0.6) is 0 Å². The summed E-state index contributed by atoms with van der Waals surface area (Å²) in [7, 11) is 3.70. The number of benzene rings is 1. The van der Waals surface area contributed by atoms with Crippen molar-refractivity contribution >= 4 is 17.1 Å². The first-order chi connectivity index (χ1) is 13.8. The molecule has 2 aromatic heterocycles. The van der Waals surface area contributed by atoms with Crippen molar-refractivity contribution in [2.24, 2.45) is 14.1 Å². The fourth-order valence-corrected chi connectivity index (χ4v) is 2.98. The van der Waals surface area contributed by atoms with Crippen molar-refractivity contribution in [3.05, 3.63) is 62.7 Å². The number of hydrogen-bond donors (Lipinski definition) is 2. The van der Waals surface area contributed by atoms with Crippen molar-refractivity contribution < 1.29 is 4.92 Å². The van der Waals surface area contributed by atoms with E-state index in [9.17, 15) is 15.4 Å². The Labute approximate surface area is 167 Å². The number of nitrogens with zero attached hydrogens (tertiary/aromatic N) is 6. The van der Waals surface area contributed by atoms with Crippen molar-refractivity contribution in [1.29, 1.82) is 5.26 Å². The number of nitro groups is 1. The van der Waals surface area contributed by atoms with Crippen LogP contribution in [0.4, 0.5) is 17.1 Å². The molecular formula is C19H22N8O2. The topological polar surface area (TPSA) is 127 Å². The third-order valence-corrected chi connectivity index (χ3v) is 5.04. The van der Waals surface area contributed by atoms with Gasteiger partial charge in [0.2, 0.25) is 0 Å². The van der Waals surface area contributed by atoms with Gasteiger partial charge in [-0.15, -0.1) is 0 Å². The zero-order chi connectivity index (χ0) is 21.1. The van der Waals surface area contributed by atoms with E-state index in [1.807, 2.05) is 34.0 Å². The van der Waals surface area contributed by atoms with Gasteiger partial charge in [-0.3, -0.25) is 19.5 Å². The zero-order valence-corrected chi connectivity index (χ0v) is 16.7. The molecule has 0 saturated carbocycles. The van der Waals surface area contributed by atoms with E-state index in [1.165, 1.54) is 6.07 Å². The Bertz CT molecular complexity index is 1110. The van der Waals surface area contributed by atoms with Gasteiger partial charge in [-0.05, 0) is 26.0 Å². The summed E-state index contributed by atoms with van der Waals surface area (Å²) in [6, 6.07) is 5.07. The number of hydrogen-bond acceptors (Lipinski definition) is 7. The molecule has 0 aliphatic carbocycles. The molecule has 0 amide bonds. The van der Waals surface area contributed by atoms with Gasteiger partial charge >= 0.3 is 5.69 Å². The molecule has 1 aromatic carbocycles. The van der Waals surface area contributed by atoms with E-state index in [1.54, 1.807) is 27.8 Å². The summed E-state index contributed by atoms with van der Waals surface area (Å²) in [5.74, 6) is 0. The molecule has 10 nitrogen and oxygen atoms in total. The molecule has 3 rings (SSSR count). The van der Waals surface area contributed by atoms with Crippen LogP contribution in [-0.2, 0) is 27.2 Å². The smallest absolute Gasteiger partial charge is 0.310 e. The van der Waals surface area contributed by atoms with Gasteiger partial charge in [0.25, 0.3) is 0 Å². The van der Waals surface area contributed by atoms with Crippen molar-refractivity contribution in [3.63, 3.8) is 0 Å². The minimum absolute atomic E-state index is 0.00619. The van der Waals surface area contributed by atoms with Gasteiger partial charge in [0.15, 0.2) is 0 Å². The Kier molecular flexibility index (Phi) is 5.50. The minimum Gasteiger partial charge on any atom is -0.381 e. The van der Waals surface area contributed by atoms with Crippen LogP contribution in [-0.4, -0.2) is 24.5 Å².